The first-order valence-corrected chi connectivity index (χ1v) is 9.15. The van der Waals surface area contributed by atoms with Crippen molar-refractivity contribution in [3.63, 3.8) is 0 Å². The van der Waals surface area contributed by atoms with Crippen LogP contribution < -0.4 is 9.47 Å². The van der Waals surface area contributed by atoms with E-state index in [9.17, 15) is 14.7 Å². The second-order valence-electron chi connectivity index (χ2n) is 6.60. The molecule has 1 heterocycles. The minimum absolute atomic E-state index is 0.0700. The maximum atomic E-state index is 12.7. The third-order valence-electron chi connectivity index (χ3n) is 4.69. The molecular formula is C21H24N2O5. The van der Waals surface area contributed by atoms with E-state index >= 15 is 0 Å². The van der Waals surface area contributed by atoms with Crippen molar-refractivity contribution in [2.45, 2.75) is 13.0 Å². The number of hydrogen-bond donors (Lipinski definition) is 1. The van der Waals surface area contributed by atoms with Crippen LogP contribution in [0.1, 0.15) is 17.3 Å². The van der Waals surface area contributed by atoms with Gasteiger partial charge in [0.15, 0.2) is 6.10 Å². The van der Waals surface area contributed by atoms with E-state index in [1.54, 1.807) is 60.2 Å². The van der Waals surface area contributed by atoms with Crippen molar-refractivity contribution < 1.29 is 24.2 Å². The Morgan fingerprint density at radius 2 is 1.61 bits per heavy atom. The highest BCUT2D eigenvalue weighted by Gasteiger charge is 2.28. The molecular weight excluding hydrogens is 360 g/mol. The van der Waals surface area contributed by atoms with Gasteiger partial charge in [0.1, 0.15) is 17.2 Å². The van der Waals surface area contributed by atoms with Gasteiger partial charge in [-0.1, -0.05) is 6.07 Å². The van der Waals surface area contributed by atoms with Crippen molar-refractivity contribution in [1.29, 1.82) is 0 Å². The standard InChI is InChI=1S/C21H24N2O5/c1-15(28-18-8-6-17(24)7-9-18)20(25)22-10-12-23(13-11-22)21(26)16-4-3-5-19(14-16)27-2/h3-9,14-15,24H,10-13H2,1-2H3. The summed E-state index contributed by atoms with van der Waals surface area (Å²) in [4.78, 5) is 28.7. The van der Waals surface area contributed by atoms with Crippen molar-refractivity contribution in [2.75, 3.05) is 33.3 Å². The van der Waals surface area contributed by atoms with E-state index in [2.05, 4.69) is 0 Å². The van der Waals surface area contributed by atoms with Crippen LogP contribution in [0.2, 0.25) is 0 Å². The first-order valence-electron chi connectivity index (χ1n) is 9.15. The van der Waals surface area contributed by atoms with Crippen LogP contribution in [-0.4, -0.2) is 66.1 Å². The number of phenolic OH excluding ortho intramolecular Hbond substituents is 1. The summed E-state index contributed by atoms with van der Waals surface area (Å²) in [6.45, 7) is 3.54. The second kappa shape index (κ2) is 8.65. The van der Waals surface area contributed by atoms with E-state index in [0.29, 0.717) is 43.2 Å². The van der Waals surface area contributed by atoms with Crippen molar-refractivity contribution in [2.24, 2.45) is 0 Å². The highest BCUT2D eigenvalue weighted by atomic mass is 16.5. The van der Waals surface area contributed by atoms with Gasteiger partial charge in [0.25, 0.3) is 11.8 Å². The number of carbonyl (C=O) groups is 2. The summed E-state index contributed by atoms with van der Waals surface area (Å²) < 4.78 is 10.8. The van der Waals surface area contributed by atoms with Crippen molar-refractivity contribution in [3.8, 4) is 17.2 Å². The number of rotatable bonds is 5. The van der Waals surface area contributed by atoms with Crippen LogP contribution in [0.4, 0.5) is 0 Å². The Hall–Kier alpha value is -3.22. The summed E-state index contributed by atoms with van der Waals surface area (Å²) in [5, 5.41) is 9.32. The molecule has 1 unspecified atom stereocenters. The minimum Gasteiger partial charge on any atom is -0.508 e. The molecule has 2 aromatic rings. The summed E-state index contributed by atoms with van der Waals surface area (Å²) in [5.74, 6) is 1.11. The van der Waals surface area contributed by atoms with Crippen molar-refractivity contribution in [1.82, 2.24) is 9.80 Å². The normalized spacial score (nSPS) is 15.1. The lowest BCUT2D eigenvalue weighted by molar-refractivity contribution is -0.139. The molecule has 2 aromatic carbocycles. The first kappa shape index (κ1) is 19.5. The molecule has 1 aliphatic heterocycles. The highest BCUT2D eigenvalue weighted by Crippen LogP contribution is 2.19. The molecule has 3 rings (SSSR count). The number of nitrogens with zero attached hydrogens (tertiary/aromatic N) is 2. The number of ether oxygens (including phenoxy) is 2. The lowest BCUT2D eigenvalue weighted by Gasteiger charge is -2.36. The maximum absolute atomic E-state index is 12.7. The van der Waals surface area contributed by atoms with Gasteiger partial charge in [0.05, 0.1) is 7.11 Å². The smallest absolute Gasteiger partial charge is 0.263 e. The fraction of sp³-hybridized carbons (Fsp3) is 0.333. The van der Waals surface area contributed by atoms with E-state index in [1.807, 2.05) is 0 Å². The molecule has 1 saturated heterocycles. The fourth-order valence-corrected chi connectivity index (χ4v) is 3.10. The van der Waals surface area contributed by atoms with Gasteiger partial charge in [-0.25, -0.2) is 0 Å². The van der Waals surface area contributed by atoms with Gasteiger partial charge in [-0.05, 0) is 49.4 Å². The van der Waals surface area contributed by atoms with E-state index in [1.165, 1.54) is 12.1 Å². The van der Waals surface area contributed by atoms with E-state index < -0.39 is 6.10 Å². The third kappa shape index (κ3) is 4.54. The van der Waals surface area contributed by atoms with E-state index in [-0.39, 0.29) is 17.6 Å². The molecule has 148 valence electrons. The average Bonchev–Trinajstić information content (AvgIpc) is 2.74. The lowest BCUT2D eigenvalue weighted by Crippen LogP contribution is -2.53. The highest BCUT2D eigenvalue weighted by molar-refractivity contribution is 5.94. The Balaban J connectivity index is 1.54. The number of hydrogen-bond acceptors (Lipinski definition) is 5. The SMILES string of the molecule is COc1cccc(C(=O)N2CCN(C(=O)C(C)Oc3ccc(O)cc3)CC2)c1. The minimum atomic E-state index is -0.648. The Labute approximate surface area is 164 Å². The topological polar surface area (TPSA) is 79.3 Å². The molecule has 1 N–H and O–H groups in total. The molecule has 7 nitrogen and oxygen atoms in total. The zero-order valence-corrected chi connectivity index (χ0v) is 16.0. The molecule has 28 heavy (non-hydrogen) atoms. The number of methoxy groups -OCH3 is 1. The Bertz CT molecular complexity index is 829. The predicted molar refractivity (Wildman–Crippen MR) is 104 cm³/mol. The molecule has 0 saturated carbocycles. The zero-order chi connectivity index (χ0) is 20.1. The second-order valence-corrected chi connectivity index (χ2v) is 6.60. The number of phenols is 1. The summed E-state index contributed by atoms with van der Waals surface area (Å²) in [7, 11) is 1.56. The van der Waals surface area contributed by atoms with Crippen LogP contribution in [0.3, 0.4) is 0 Å². The summed E-state index contributed by atoms with van der Waals surface area (Å²) in [6.07, 6.45) is -0.648. The summed E-state index contributed by atoms with van der Waals surface area (Å²) in [6, 6.07) is 13.3. The molecule has 1 aliphatic rings. The number of benzene rings is 2. The Kier molecular flexibility index (Phi) is 6.03. The predicted octanol–water partition coefficient (Wildman–Crippen LogP) is 2.15. The largest absolute Gasteiger partial charge is 0.508 e. The van der Waals surface area contributed by atoms with Crippen molar-refractivity contribution in [3.05, 3.63) is 54.1 Å². The first-order chi connectivity index (χ1) is 13.5. The fourth-order valence-electron chi connectivity index (χ4n) is 3.10. The maximum Gasteiger partial charge on any atom is 0.263 e. The van der Waals surface area contributed by atoms with Crippen LogP contribution >= 0.6 is 0 Å². The monoisotopic (exact) mass is 384 g/mol. The van der Waals surface area contributed by atoms with Crippen molar-refractivity contribution >= 4 is 11.8 Å². The molecule has 1 fully saturated rings. The Morgan fingerprint density at radius 1 is 0.964 bits per heavy atom. The molecule has 0 spiro atoms. The van der Waals surface area contributed by atoms with Crippen LogP contribution in [0.15, 0.2) is 48.5 Å². The van der Waals surface area contributed by atoms with Gasteiger partial charge in [-0.2, -0.15) is 0 Å². The Morgan fingerprint density at radius 3 is 2.25 bits per heavy atom. The molecule has 0 aliphatic carbocycles. The molecule has 1 atom stereocenters. The third-order valence-corrected chi connectivity index (χ3v) is 4.69. The van der Waals surface area contributed by atoms with Gasteiger partial charge in [0, 0.05) is 31.7 Å². The van der Waals surface area contributed by atoms with Crippen LogP contribution in [0, 0.1) is 0 Å². The van der Waals surface area contributed by atoms with Gasteiger partial charge in [-0.15, -0.1) is 0 Å². The van der Waals surface area contributed by atoms with E-state index in [0.717, 1.165) is 0 Å². The molecule has 0 radical (unpaired) electrons. The summed E-state index contributed by atoms with van der Waals surface area (Å²) in [5.41, 5.74) is 0.572. The van der Waals surface area contributed by atoms with Crippen LogP contribution in [0.25, 0.3) is 0 Å². The van der Waals surface area contributed by atoms with E-state index in [4.69, 9.17) is 9.47 Å². The quantitative estimate of drug-likeness (QED) is 0.855. The van der Waals surface area contributed by atoms with Crippen LogP contribution in [-0.2, 0) is 4.79 Å². The zero-order valence-electron chi connectivity index (χ0n) is 16.0. The molecule has 2 amide bonds. The molecule has 7 heteroatoms. The number of carbonyl (C=O) groups excluding carboxylic acids is 2. The van der Waals surface area contributed by atoms with Gasteiger partial charge < -0.3 is 24.4 Å². The number of piperazine rings is 1. The average molecular weight is 384 g/mol. The lowest BCUT2D eigenvalue weighted by atomic mass is 10.1. The van der Waals surface area contributed by atoms with Gasteiger partial charge in [0.2, 0.25) is 0 Å². The molecule has 0 aromatic heterocycles. The molecule has 0 bridgehead atoms. The van der Waals surface area contributed by atoms with Gasteiger partial charge in [-0.3, -0.25) is 9.59 Å². The summed E-state index contributed by atoms with van der Waals surface area (Å²) >= 11 is 0. The number of aromatic hydroxyl groups is 1. The van der Waals surface area contributed by atoms with Gasteiger partial charge >= 0.3 is 0 Å². The van der Waals surface area contributed by atoms with Crippen LogP contribution in [0.5, 0.6) is 17.2 Å². The number of amides is 2.